The molecule has 0 atom stereocenters. The first-order chi connectivity index (χ1) is 14.9. The first-order valence-electron chi connectivity index (χ1n) is 9.66. The summed E-state index contributed by atoms with van der Waals surface area (Å²) in [5.74, 6) is 0.371. The van der Waals surface area contributed by atoms with Gasteiger partial charge >= 0.3 is 0 Å². The van der Waals surface area contributed by atoms with Crippen molar-refractivity contribution in [2.24, 2.45) is 0 Å². The maximum absolute atomic E-state index is 13.0. The average Bonchev–Trinajstić information content (AvgIpc) is 3.48. The lowest BCUT2D eigenvalue weighted by atomic mass is 10.1. The largest absolute Gasteiger partial charge is 0.480 e. The van der Waals surface area contributed by atoms with E-state index in [9.17, 15) is 9.59 Å². The normalized spacial score (nSPS) is 13.3. The minimum absolute atomic E-state index is 0.205. The van der Waals surface area contributed by atoms with Gasteiger partial charge in [-0.15, -0.1) is 11.3 Å². The quantitative estimate of drug-likeness (QED) is 0.553. The van der Waals surface area contributed by atoms with Gasteiger partial charge in [-0.1, -0.05) is 11.6 Å². The molecule has 10 heteroatoms. The third-order valence-electron chi connectivity index (χ3n) is 4.86. The molecule has 1 saturated carbocycles. The summed E-state index contributed by atoms with van der Waals surface area (Å²) in [4.78, 5) is 35.2. The fourth-order valence-electron chi connectivity index (χ4n) is 3.16. The molecule has 1 aliphatic rings. The lowest BCUT2D eigenvalue weighted by Crippen LogP contribution is -2.25. The van der Waals surface area contributed by atoms with Crippen molar-refractivity contribution in [3.63, 3.8) is 0 Å². The highest BCUT2D eigenvalue weighted by Gasteiger charge is 2.25. The highest BCUT2D eigenvalue weighted by molar-refractivity contribution is 7.20. The molecule has 2 N–H and O–H groups in total. The van der Waals surface area contributed by atoms with E-state index >= 15 is 0 Å². The van der Waals surface area contributed by atoms with E-state index in [4.69, 9.17) is 21.1 Å². The lowest BCUT2D eigenvalue weighted by molar-refractivity contribution is 0.0950. The van der Waals surface area contributed by atoms with Crippen LogP contribution in [0.3, 0.4) is 0 Å². The van der Waals surface area contributed by atoms with Gasteiger partial charge in [0.1, 0.15) is 11.4 Å². The fraction of sp³-hybridized carbons (Fsp3) is 0.333. The van der Waals surface area contributed by atoms with Crippen LogP contribution in [0, 0.1) is 6.92 Å². The van der Waals surface area contributed by atoms with Gasteiger partial charge in [0.15, 0.2) is 5.82 Å². The van der Waals surface area contributed by atoms with Crippen molar-refractivity contribution >= 4 is 50.7 Å². The van der Waals surface area contributed by atoms with Gasteiger partial charge in [0.25, 0.3) is 11.8 Å². The van der Waals surface area contributed by atoms with Gasteiger partial charge in [0.05, 0.1) is 28.0 Å². The molecule has 1 aromatic carbocycles. The lowest BCUT2D eigenvalue weighted by Gasteiger charge is -2.09. The van der Waals surface area contributed by atoms with Gasteiger partial charge < -0.3 is 20.1 Å². The highest BCUT2D eigenvalue weighted by Crippen LogP contribution is 2.35. The molecular weight excluding hydrogens is 440 g/mol. The maximum Gasteiger partial charge on any atom is 0.266 e. The number of methoxy groups -OCH3 is 2. The van der Waals surface area contributed by atoms with Crippen molar-refractivity contribution < 1.29 is 19.1 Å². The van der Waals surface area contributed by atoms with Crippen LogP contribution < -0.4 is 15.4 Å². The number of anilines is 1. The molecule has 0 saturated heterocycles. The molecule has 31 heavy (non-hydrogen) atoms. The number of aromatic nitrogens is 2. The molecule has 3 aromatic rings. The predicted octanol–water partition coefficient (Wildman–Crippen LogP) is 3.95. The number of halogens is 1. The van der Waals surface area contributed by atoms with Gasteiger partial charge in [0.2, 0.25) is 5.88 Å². The molecule has 2 aromatic heterocycles. The smallest absolute Gasteiger partial charge is 0.266 e. The Kier molecular flexibility index (Phi) is 6.08. The van der Waals surface area contributed by atoms with E-state index in [1.807, 2.05) is 6.92 Å². The summed E-state index contributed by atoms with van der Waals surface area (Å²) in [6.07, 6.45) is 1.99. The molecular formula is C21H21ClN4O4S. The summed E-state index contributed by atoms with van der Waals surface area (Å²) in [5.41, 5.74) is 1.60. The van der Waals surface area contributed by atoms with Crippen LogP contribution in [0.1, 0.15) is 44.3 Å². The average molecular weight is 461 g/mol. The van der Waals surface area contributed by atoms with Gasteiger partial charge in [0, 0.05) is 18.8 Å². The molecule has 8 nitrogen and oxygen atoms in total. The number of amides is 2. The number of carbonyl (C=O) groups excluding carboxylic acids is 2. The summed E-state index contributed by atoms with van der Waals surface area (Å²) in [5, 5.41) is 6.72. The molecule has 0 aliphatic heterocycles. The monoisotopic (exact) mass is 460 g/mol. The molecule has 1 aliphatic carbocycles. The van der Waals surface area contributed by atoms with Crippen molar-refractivity contribution in [1.29, 1.82) is 0 Å². The minimum Gasteiger partial charge on any atom is -0.480 e. The van der Waals surface area contributed by atoms with Crippen LogP contribution >= 0.6 is 22.9 Å². The van der Waals surface area contributed by atoms with E-state index in [0.29, 0.717) is 38.0 Å². The third kappa shape index (κ3) is 4.48. The Morgan fingerprint density at radius 2 is 2.00 bits per heavy atom. The zero-order chi connectivity index (χ0) is 22.1. The number of nitrogens with zero attached hydrogens (tertiary/aromatic N) is 2. The number of hydrogen-bond acceptors (Lipinski definition) is 7. The van der Waals surface area contributed by atoms with Crippen molar-refractivity contribution in [3.8, 4) is 5.88 Å². The Labute approximate surface area is 187 Å². The first kappa shape index (κ1) is 21.5. The van der Waals surface area contributed by atoms with Crippen molar-refractivity contribution in [3.05, 3.63) is 45.1 Å². The summed E-state index contributed by atoms with van der Waals surface area (Å²) in [7, 11) is 3.09. The predicted molar refractivity (Wildman–Crippen MR) is 119 cm³/mol. The second kappa shape index (κ2) is 8.78. The molecule has 2 heterocycles. The molecule has 4 rings (SSSR count). The fourth-order valence-corrected chi connectivity index (χ4v) is 4.51. The number of aryl methyl sites for hydroxylation is 1. The van der Waals surface area contributed by atoms with Crippen LogP contribution in [0.2, 0.25) is 5.02 Å². The highest BCUT2D eigenvalue weighted by atomic mass is 35.5. The van der Waals surface area contributed by atoms with E-state index in [0.717, 1.165) is 18.4 Å². The van der Waals surface area contributed by atoms with Crippen molar-refractivity contribution in [2.75, 3.05) is 19.5 Å². The Hall–Kier alpha value is -2.75. The van der Waals surface area contributed by atoms with E-state index in [-0.39, 0.29) is 29.5 Å². The van der Waals surface area contributed by atoms with Crippen molar-refractivity contribution in [1.82, 2.24) is 15.3 Å². The van der Waals surface area contributed by atoms with Crippen LogP contribution in [-0.2, 0) is 11.3 Å². The number of benzene rings is 1. The zero-order valence-electron chi connectivity index (χ0n) is 17.2. The summed E-state index contributed by atoms with van der Waals surface area (Å²) >= 11 is 7.53. The molecule has 0 unspecified atom stereocenters. The minimum atomic E-state index is -0.304. The summed E-state index contributed by atoms with van der Waals surface area (Å²) < 4.78 is 10.5. The molecule has 162 valence electrons. The van der Waals surface area contributed by atoms with Gasteiger partial charge in [-0.25, -0.2) is 4.98 Å². The second-order valence-corrected chi connectivity index (χ2v) is 8.62. The molecule has 1 fully saturated rings. The number of thiophene rings is 1. The number of ether oxygens (including phenoxy) is 2. The summed E-state index contributed by atoms with van der Waals surface area (Å²) in [6.45, 7) is 2.07. The standard InChI is InChI=1S/C21H21ClN4O4S/c1-10-16-20(30-3)25-15(9-29-2)26-21(16)31-17(10)19(28)24-12-6-7-13(14(22)8-12)18(27)23-11-4-5-11/h6-8,11H,4-5,9H2,1-3H3,(H,23,27)(H,24,28). The van der Waals surface area contributed by atoms with Crippen LogP contribution in [0.15, 0.2) is 18.2 Å². The Balaban J connectivity index is 1.58. The Morgan fingerprint density at radius 1 is 1.23 bits per heavy atom. The topological polar surface area (TPSA) is 102 Å². The van der Waals surface area contributed by atoms with Crippen molar-refractivity contribution in [2.45, 2.75) is 32.4 Å². The van der Waals surface area contributed by atoms with Gasteiger partial charge in [-0.05, 0) is 43.5 Å². The Morgan fingerprint density at radius 3 is 2.65 bits per heavy atom. The number of hydrogen-bond donors (Lipinski definition) is 2. The SMILES string of the molecule is COCc1nc(OC)c2c(C)c(C(=O)Nc3ccc(C(=O)NC4CC4)c(Cl)c3)sc2n1. The molecule has 0 spiro atoms. The zero-order valence-corrected chi connectivity index (χ0v) is 18.8. The van der Waals surface area contributed by atoms with E-state index < -0.39 is 0 Å². The summed E-state index contributed by atoms with van der Waals surface area (Å²) in [6, 6.07) is 5.08. The third-order valence-corrected chi connectivity index (χ3v) is 6.36. The molecule has 0 bridgehead atoms. The maximum atomic E-state index is 13.0. The molecule has 0 radical (unpaired) electrons. The second-order valence-electron chi connectivity index (χ2n) is 7.21. The van der Waals surface area contributed by atoms with Gasteiger partial charge in [-0.2, -0.15) is 4.98 Å². The number of rotatable bonds is 7. The van der Waals surface area contributed by atoms with Crippen LogP contribution in [0.4, 0.5) is 5.69 Å². The number of carbonyl (C=O) groups is 2. The van der Waals surface area contributed by atoms with Crippen LogP contribution in [0.5, 0.6) is 5.88 Å². The molecule has 2 amide bonds. The van der Waals surface area contributed by atoms with Crippen LogP contribution in [0.25, 0.3) is 10.2 Å². The van der Waals surface area contributed by atoms with E-state index in [1.165, 1.54) is 18.4 Å². The number of fused-ring (bicyclic) bond motifs is 1. The first-order valence-corrected chi connectivity index (χ1v) is 10.9. The van der Waals surface area contributed by atoms with E-state index in [2.05, 4.69) is 20.6 Å². The Bertz CT molecular complexity index is 1180. The van der Waals surface area contributed by atoms with Gasteiger partial charge in [-0.3, -0.25) is 9.59 Å². The van der Waals surface area contributed by atoms with Crippen LogP contribution in [-0.4, -0.2) is 42.0 Å². The number of nitrogens with one attached hydrogen (secondary N) is 2. The van der Waals surface area contributed by atoms with E-state index in [1.54, 1.807) is 25.3 Å².